The molecule has 0 unspecified atom stereocenters. The number of piperidine rings is 1. The predicted octanol–water partition coefficient (Wildman–Crippen LogP) is 5.92. The highest BCUT2D eigenvalue weighted by Crippen LogP contribution is 2.32. The van der Waals surface area contributed by atoms with Crippen LogP contribution in [0.1, 0.15) is 35.2 Å². The number of carbonyl (C=O) groups is 1. The summed E-state index contributed by atoms with van der Waals surface area (Å²) in [5, 5.41) is 6.12. The molecule has 0 bridgehead atoms. The van der Waals surface area contributed by atoms with E-state index in [1.165, 1.54) is 44.9 Å². The van der Waals surface area contributed by atoms with E-state index in [1.807, 2.05) is 42.5 Å². The molecular weight excluding hydrogens is 588 g/mol. The van der Waals surface area contributed by atoms with E-state index >= 15 is 0 Å². The maximum atomic E-state index is 13.7. The molecule has 1 amide bonds. The number of nitrogens with zero attached hydrogens (tertiary/aromatic N) is 4. The number of thiazole rings is 1. The summed E-state index contributed by atoms with van der Waals surface area (Å²) in [7, 11) is -2.00. The number of ether oxygens (including phenoxy) is 1. The second-order valence-corrected chi connectivity index (χ2v) is 12.6. The van der Waals surface area contributed by atoms with Gasteiger partial charge in [0.05, 0.1) is 28.4 Å². The smallest absolute Gasteiger partial charge is 0.280 e. The molecule has 1 aliphatic rings. The number of hydrogen-bond acceptors (Lipinski definition) is 7. The summed E-state index contributed by atoms with van der Waals surface area (Å²) < 4.78 is 34.7. The third-order valence-electron chi connectivity index (χ3n) is 6.20. The van der Waals surface area contributed by atoms with Crippen LogP contribution in [0.2, 0.25) is 0 Å². The summed E-state index contributed by atoms with van der Waals surface area (Å²) in [5.74, 6) is 0.265. The van der Waals surface area contributed by atoms with E-state index in [0.29, 0.717) is 35.1 Å². The molecule has 2 heterocycles. The molecule has 0 radical (unpaired) electrons. The Bertz CT molecular complexity index is 1580. The molecule has 38 heavy (non-hydrogen) atoms. The molecule has 1 saturated heterocycles. The van der Waals surface area contributed by atoms with Crippen LogP contribution in [0.5, 0.6) is 5.75 Å². The summed E-state index contributed by atoms with van der Waals surface area (Å²) in [4.78, 5) is 18.5. The van der Waals surface area contributed by atoms with Crippen LogP contribution in [0, 0.1) is 0 Å². The molecule has 1 fully saturated rings. The molecule has 0 saturated carbocycles. The predicted molar refractivity (Wildman–Crippen MR) is 154 cm³/mol. The van der Waals surface area contributed by atoms with Crippen molar-refractivity contribution >= 4 is 64.8 Å². The first kappa shape index (κ1) is 26.5. The van der Waals surface area contributed by atoms with E-state index < -0.39 is 15.9 Å². The molecule has 0 N–H and O–H groups in total. The average molecular weight is 614 g/mol. The highest BCUT2D eigenvalue weighted by atomic mass is 79.9. The van der Waals surface area contributed by atoms with Crippen LogP contribution in [-0.2, 0) is 10.0 Å². The van der Waals surface area contributed by atoms with Crippen molar-refractivity contribution < 1.29 is 17.9 Å². The second-order valence-electron chi connectivity index (χ2n) is 8.73. The minimum absolute atomic E-state index is 0.174. The number of fused-ring (bicyclic) bond motifs is 1. The molecule has 8 nitrogen and oxygen atoms in total. The number of hydrazone groups is 1. The number of aromatic nitrogens is 1. The minimum atomic E-state index is -3.60. The molecular formula is C27H25BrN4O4S2. The number of amides is 1. The molecule has 1 aromatic heterocycles. The van der Waals surface area contributed by atoms with Gasteiger partial charge in [-0.25, -0.2) is 13.4 Å². The highest BCUT2D eigenvalue weighted by molar-refractivity contribution is 9.10. The lowest BCUT2D eigenvalue weighted by Crippen LogP contribution is -2.35. The molecule has 4 aromatic rings. The van der Waals surface area contributed by atoms with Gasteiger partial charge in [-0.1, -0.05) is 45.8 Å². The zero-order chi connectivity index (χ0) is 26.7. The zero-order valence-electron chi connectivity index (χ0n) is 20.6. The number of carbonyl (C=O) groups excluding carboxylic acids is 1. The third kappa shape index (κ3) is 5.65. The Kier molecular flexibility index (Phi) is 7.89. The van der Waals surface area contributed by atoms with E-state index in [9.17, 15) is 13.2 Å². The fourth-order valence-electron chi connectivity index (χ4n) is 4.12. The number of sulfonamides is 1. The van der Waals surface area contributed by atoms with Crippen molar-refractivity contribution in [3.8, 4) is 5.75 Å². The lowest BCUT2D eigenvalue weighted by molar-refractivity contribution is 0.0987. The topological polar surface area (TPSA) is 92.2 Å². The van der Waals surface area contributed by atoms with E-state index in [4.69, 9.17) is 4.74 Å². The fraction of sp³-hybridized carbons (Fsp3) is 0.222. The molecule has 0 spiro atoms. The molecule has 1 aliphatic heterocycles. The van der Waals surface area contributed by atoms with Gasteiger partial charge in [0.25, 0.3) is 5.91 Å². The normalized spacial score (nSPS) is 14.7. The Morgan fingerprint density at radius 1 is 1.05 bits per heavy atom. The van der Waals surface area contributed by atoms with Crippen molar-refractivity contribution in [2.24, 2.45) is 5.10 Å². The Balaban J connectivity index is 1.48. The lowest BCUT2D eigenvalue weighted by atomic mass is 10.2. The van der Waals surface area contributed by atoms with Crippen LogP contribution in [0.3, 0.4) is 0 Å². The quantitative estimate of drug-likeness (QED) is 0.191. The Labute approximate surface area is 233 Å². The second kappa shape index (κ2) is 11.3. The number of anilines is 1. The molecule has 0 atom stereocenters. The summed E-state index contributed by atoms with van der Waals surface area (Å²) in [6, 6.07) is 19.0. The van der Waals surface area contributed by atoms with Gasteiger partial charge in [-0.15, -0.1) is 0 Å². The van der Waals surface area contributed by atoms with Gasteiger partial charge in [0.15, 0.2) is 0 Å². The molecule has 11 heteroatoms. The number of halogens is 1. The minimum Gasteiger partial charge on any atom is -0.497 e. The zero-order valence-corrected chi connectivity index (χ0v) is 23.8. The first-order chi connectivity index (χ1) is 18.3. The summed E-state index contributed by atoms with van der Waals surface area (Å²) in [5.41, 5.74) is 1.81. The number of benzene rings is 3. The van der Waals surface area contributed by atoms with Crippen LogP contribution in [0.25, 0.3) is 10.2 Å². The van der Waals surface area contributed by atoms with Crippen molar-refractivity contribution in [1.82, 2.24) is 9.29 Å². The summed E-state index contributed by atoms with van der Waals surface area (Å²) >= 11 is 4.73. The van der Waals surface area contributed by atoms with Crippen LogP contribution < -0.4 is 9.75 Å². The highest BCUT2D eigenvalue weighted by Gasteiger charge is 2.27. The van der Waals surface area contributed by atoms with Gasteiger partial charge in [0.1, 0.15) is 5.75 Å². The fourth-order valence-corrected chi connectivity index (χ4v) is 6.85. The Morgan fingerprint density at radius 3 is 2.45 bits per heavy atom. The molecule has 196 valence electrons. The van der Waals surface area contributed by atoms with Gasteiger partial charge in [-0.3, -0.25) is 4.79 Å². The largest absolute Gasteiger partial charge is 0.497 e. The summed E-state index contributed by atoms with van der Waals surface area (Å²) in [6.07, 6.45) is 4.34. The maximum absolute atomic E-state index is 13.7. The van der Waals surface area contributed by atoms with E-state index in [2.05, 4.69) is 26.0 Å². The van der Waals surface area contributed by atoms with Crippen molar-refractivity contribution in [3.05, 3.63) is 82.3 Å². The molecule has 3 aromatic carbocycles. The van der Waals surface area contributed by atoms with Gasteiger partial charge in [0.2, 0.25) is 15.2 Å². The van der Waals surface area contributed by atoms with Gasteiger partial charge in [-0.05, 0) is 73.0 Å². The monoisotopic (exact) mass is 612 g/mol. The first-order valence-corrected chi connectivity index (χ1v) is 15.1. The molecule has 0 aliphatic carbocycles. The van der Waals surface area contributed by atoms with Crippen molar-refractivity contribution in [2.75, 3.05) is 25.2 Å². The van der Waals surface area contributed by atoms with Crippen LogP contribution >= 0.6 is 27.3 Å². The van der Waals surface area contributed by atoms with Gasteiger partial charge >= 0.3 is 0 Å². The van der Waals surface area contributed by atoms with Gasteiger partial charge in [-0.2, -0.15) is 14.4 Å². The van der Waals surface area contributed by atoms with Crippen molar-refractivity contribution in [1.29, 1.82) is 0 Å². The van der Waals surface area contributed by atoms with Crippen LogP contribution in [0.4, 0.5) is 5.13 Å². The first-order valence-electron chi connectivity index (χ1n) is 12.0. The van der Waals surface area contributed by atoms with Crippen LogP contribution in [0.15, 0.2) is 81.2 Å². The Hall–Kier alpha value is -3.12. The van der Waals surface area contributed by atoms with Crippen molar-refractivity contribution in [2.45, 2.75) is 24.2 Å². The van der Waals surface area contributed by atoms with E-state index in [-0.39, 0.29) is 4.90 Å². The van der Waals surface area contributed by atoms with Crippen molar-refractivity contribution in [3.63, 3.8) is 0 Å². The third-order valence-corrected chi connectivity index (χ3v) is 9.64. The lowest BCUT2D eigenvalue weighted by Gasteiger charge is -2.25. The molecule has 5 rings (SSSR count). The van der Waals surface area contributed by atoms with Gasteiger partial charge in [0, 0.05) is 23.1 Å². The van der Waals surface area contributed by atoms with Gasteiger partial charge < -0.3 is 4.74 Å². The summed E-state index contributed by atoms with van der Waals surface area (Å²) in [6.45, 7) is 1.04. The average Bonchev–Trinajstić information content (AvgIpc) is 3.37. The number of rotatable bonds is 7. The van der Waals surface area contributed by atoms with E-state index in [1.54, 1.807) is 13.3 Å². The van der Waals surface area contributed by atoms with Crippen LogP contribution in [-0.4, -0.2) is 50.0 Å². The Morgan fingerprint density at radius 2 is 1.76 bits per heavy atom. The number of hydrogen-bond donors (Lipinski definition) is 0. The number of methoxy groups -OCH3 is 1. The SMILES string of the molecule is COc1ccc2nc(N(/N=C/c3ccc(Br)cc3)C(=O)c3ccc(S(=O)(=O)N4CCCCC4)cc3)sc2c1. The maximum Gasteiger partial charge on any atom is 0.280 e. The van der Waals surface area contributed by atoms with E-state index in [0.717, 1.165) is 34.0 Å². The standard InChI is InChI=1S/C27H25BrN4O4S2/c1-36-22-11-14-24-25(17-22)37-27(30-24)32(29-18-19-5-9-21(28)10-6-19)26(33)20-7-12-23(13-8-20)38(34,35)31-15-3-2-4-16-31/h5-14,17-18H,2-4,15-16H2,1H3/b29-18+.